The number of nitrogens with zero attached hydrogens (tertiary/aromatic N) is 1. The number of esters is 1. The molecule has 1 aromatic carbocycles. The Labute approximate surface area is 158 Å². The van der Waals surface area contributed by atoms with Gasteiger partial charge in [0.15, 0.2) is 0 Å². The van der Waals surface area contributed by atoms with Crippen molar-refractivity contribution in [2.75, 3.05) is 17.7 Å². The zero-order valence-electron chi connectivity index (χ0n) is 13.3. The molecule has 0 saturated carbocycles. The maximum Gasteiger partial charge on any atom is 0.316 e. The highest BCUT2D eigenvalue weighted by atomic mass is 127. The lowest BCUT2D eigenvalue weighted by Gasteiger charge is -2.07. The van der Waals surface area contributed by atoms with Gasteiger partial charge in [-0.15, -0.1) is 0 Å². The van der Waals surface area contributed by atoms with Gasteiger partial charge in [0.05, 0.1) is 29.3 Å². The van der Waals surface area contributed by atoms with Crippen LogP contribution in [0.1, 0.15) is 22.8 Å². The molecule has 0 bridgehead atoms. The van der Waals surface area contributed by atoms with Gasteiger partial charge in [-0.1, -0.05) is 17.8 Å². The standard InChI is InChI=1S/C17H17IN2O3S/c1-3-23-16(21)10-24-15-7-6-13(9-19-15)20-17(22)12-5-4-11(2)14(18)8-12/h4-9H,3,10H2,1-2H3,(H,20,22). The fourth-order valence-corrected chi connectivity index (χ4v) is 2.97. The van der Waals surface area contributed by atoms with E-state index in [-0.39, 0.29) is 17.6 Å². The summed E-state index contributed by atoms with van der Waals surface area (Å²) in [5, 5.41) is 3.51. The molecule has 0 atom stereocenters. The number of hydrogen-bond donors (Lipinski definition) is 1. The summed E-state index contributed by atoms with van der Waals surface area (Å²) in [7, 11) is 0. The first-order chi connectivity index (χ1) is 11.5. The number of amides is 1. The van der Waals surface area contributed by atoms with Crippen LogP contribution in [0.3, 0.4) is 0 Å². The number of carbonyl (C=O) groups excluding carboxylic acids is 2. The molecule has 126 valence electrons. The van der Waals surface area contributed by atoms with E-state index >= 15 is 0 Å². The first-order valence-corrected chi connectivity index (χ1v) is 9.38. The third-order valence-electron chi connectivity index (χ3n) is 3.07. The average Bonchev–Trinajstić information content (AvgIpc) is 2.57. The van der Waals surface area contributed by atoms with E-state index in [0.29, 0.717) is 22.9 Å². The molecule has 0 fully saturated rings. The number of hydrogen-bond acceptors (Lipinski definition) is 5. The molecule has 2 rings (SSSR count). The van der Waals surface area contributed by atoms with Crippen molar-refractivity contribution in [3.05, 3.63) is 51.2 Å². The zero-order chi connectivity index (χ0) is 17.5. The van der Waals surface area contributed by atoms with Gasteiger partial charge < -0.3 is 10.1 Å². The monoisotopic (exact) mass is 456 g/mol. The van der Waals surface area contributed by atoms with E-state index in [1.807, 2.05) is 19.1 Å². The summed E-state index contributed by atoms with van der Waals surface area (Å²) in [6.45, 7) is 4.14. The number of pyridine rings is 1. The van der Waals surface area contributed by atoms with Crippen LogP contribution in [0.4, 0.5) is 5.69 Å². The van der Waals surface area contributed by atoms with Crippen molar-refractivity contribution in [3.8, 4) is 0 Å². The highest BCUT2D eigenvalue weighted by Crippen LogP contribution is 2.19. The van der Waals surface area contributed by atoms with Crippen LogP contribution in [0.25, 0.3) is 0 Å². The van der Waals surface area contributed by atoms with E-state index in [0.717, 1.165) is 9.13 Å². The van der Waals surface area contributed by atoms with Gasteiger partial charge in [-0.2, -0.15) is 0 Å². The van der Waals surface area contributed by atoms with Crippen LogP contribution >= 0.6 is 34.4 Å². The molecule has 2 aromatic rings. The molecule has 0 aliphatic heterocycles. The third-order valence-corrected chi connectivity index (χ3v) is 5.15. The number of aryl methyl sites for hydroxylation is 1. The Kier molecular flexibility index (Phi) is 7.04. The summed E-state index contributed by atoms with van der Waals surface area (Å²) in [4.78, 5) is 27.8. The third kappa shape index (κ3) is 5.48. The topological polar surface area (TPSA) is 68.3 Å². The largest absolute Gasteiger partial charge is 0.465 e. The average molecular weight is 456 g/mol. The number of carbonyl (C=O) groups is 2. The van der Waals surface area contributed by atoms with E-state index in [1.165, 1.54) is 11.8 Å². The minimum atomic E-state index is -0.268. The highest BCUT2D eigenvalue weighted by Gasteiger charge is 2.09. The molecule has 1 amide bonds. The minimum Gasteiger partial charge on any atom is -0.465 e. The number of ether oxygens (including phenoxy) is 1. The fraction of sp³-hybridized carbons (Fsp3) is 0.235. The van der Waals surface area contributed by atoms with Crippen LogP contribution in [0.5, 0.6) is 0 Å². The van der Waals surface area contributed by atoms with Gasteiger partial charge in [-0.25, -0.2) is 4.98 Å². The van der Waals surface area contributed by atoms with Crippen LogP contribution in [-0.2, 0) is 9.53 Å². The maximum atomic E-state index is 12.2. The Morgan fingerprint density at radius 3 is 2.71 bits per heavy atom. The molecule has 7 heteroatoms. The molecule has 1 aromatic heterocycles. The summed E-state index contributed by atoms with van der Waals surface area (Å²) >= 11 is 3.50. The lowest BCUT2D eigenvalue weighted by molar-refractivity contribution is -0.139. The van der Waals surface area contributed by atoms with Crippen molar-refractivity contribution in [2.24, 2.45) is 0 Å². The van der Waals surface area contributed by atoms with E-state index in [1.54, 1.807) is 31.3 Å². The molecule has 0 aliphatic rings. The second-order valence-electron chi connectivity index (χ2n) is 4.90. The van der Waals surface area contributed by atoms with Crippen LogP contribution < -0.4 is 5.32 Å². The number of nitrogens with one attached hydrogen (secondary N) is 1. The summed E-state index contributed by atoms with van der Waals surface area (Å²) in [5.41, 5.74) is 2.35. The second kappa shape index (κ2) is 9.03. The molecule has 0 aliphatic carbocycles. The number of anilines is 1. The quantitative estimate of drug-likeness (QED) is 0.406. The van der Waals surface area contributed by atoms with Gasteiger partial charge >= 0.3 is 5.97 Å². The summed E-state index contributed by atoms with van der Waals surface area (Å²) in [6.07, 6.45) is 1.57. The van der Waals surface area contributed by atoms with Crippen LogP contribution in [0.15, 0.2) is 41.6 Å². The Balaban J connectivity index is 1.94. The Hall–Kier alpha value is -1.61. The van der Waals surface area contributed by atoms with E-state index < -0.39 is 0 Å². The molecular formula is C17H17IN2O3S. The molecule has 5 nitrogen and oxygen atoms in total. The van der Waals surface area contributed by atoms with Gasteiger partial charge in [0.25, 0.3) is 5.91 Å². The first-order valence-electron chi connectivity index (χ1n) is 7.31. The van der Waals surface area contributed by atoms with Crippen molar-refractivity contribution in [2.45, 2.75) is 18.9 Å². The van der Waals surface area contributed by atoms with E-state index in [9.17, 15) is 9.59 Å². The second-order valence-corrected chi connectivity index (χ2v) is 7.05. The lowest BCUT2D eigenvalue weighted by atomic mass is 10.1. The Morgan fingerprint density at radius 1 is 1.29 bits per heavy atom. The highest BCUT2D eigenvalue weighted by molar-refractivity contribution is 14.1. The van der Waals surface area contributed by atoms with Crippen molar-refractivity contribution in [1.29, 1.82) is 0 Å². The SMILES string of the molecule is CCOC(=O)CSc1ccc(NC(=O)c2ccc(C)c(I)c2)cn1. The Morgan fingerprint density at radius 2 is 2.08 bits per heavy atom. The zero-order valence-corrected chi connectivity index (χ0v) is 16.3. The van der Waals surface area contributed by atoms with Gasteiger partial charge in [-0.3, -0.25) is 9.59 Å². The maximum absolute atomic E-state index is 12.2. The van der Waals surface area contributed by atoms with Crippen LogP contribution in [-0.4, -0.2) is 29.2 Å². The van der Waals surface area contributed by atoms with E-state index in [4.69, 9.17) is 4.74 Å². The normalized spacial score (nSPS) is 10.3. The van der Waals surface area contributed by atoms with Crippen LogP contribution in [0.2, 0.25) is 0 Å². The summed E-state index contributed by atoms with van der Waals surface area (Å²) < 4.78 is 5.91. The van der Waals surface area contributed by atoms with Gasteiger partial charge in [0, 0.05) is 9.13 Å². The fourth-order valence-electron chi connectivity index (χ4n) is 1.81. The molecule has 0 unspecified atom stereocenters. The van der Waals surface area contributed by atoms with Gasteiger partial charge in [0.2, 0.25) is 0 Å². The minimum absolute atomic E-state index is 0.179. The van der Waals surface area contributed by atoms with Crippen LogP contribution in [0, 0.1) is 10.5 Å². The number of benzene rings is 1. The van der Waals surface area contributed by atoms with E-state index in [2.05, 4.69) is 32.9 Å². The number of rotatable bonds is 6. The van der Waals surface area contributed by atoms with Crippen molar-refractivity contribution in [1.82, 2.24) is 4.98 Å². The lowest BCUT2D eigenvalue weighted by Crippen LogP contribution is -2.12. The summed E-state index contributed by atoms with van der Waals surface area (Å²) in [5.74, 6) is -0.230. The first kappa shape index (κ1) is 18.7. The van der Waals surface area contributed by atoms with Crippen molar-refractivity contribution in [3.63, 3.8) is 0 Å². The molecule has 24 heavy (non-hydrogen) atoms. The predicted octanol–water partition coefficient (Wildman–Crippen LogP) is 3.90. The molecule has 0 saturated heterocycles. The molecule has 0 spiro atoms. The smallest absolute Gasteiger partial charge is 0.316 e. The number of halogens is 1. The molecule has 1 heterocycles. The van der Waals surface area contributed by atoms with Gasteiger partial charge in [0.1, 0.15) is 0 Å². The number of aromatic nitrogens is 1. The van der Waals surface area contributed by atoms with Gasteiger partial charge in [-0.05, 0) is 66.3 Å². The summed E-state index contributed by atoms with van der Waals surface area (Å²) in [6, 6.07) is 9.09. The number of thioether (sulfide) groups is 1. The Bertz CT molecular complexity index is 735. The molecular weight excluding hydrogens is 439 g/mol. The predicted molar refractivity (Wildman–Crippen MR) is 103 cm³/mol. The molecule has 1 N–H and O–H groups in total. The van der Waals surface area contributed by atoms with Crippen molar-refractivity contribution >= 4 is 51.9 Å². The van der Waals surface area contributed by atoms with Crippen molar-refractivity contribution < 1.29 is 14.3 Å². The molecule has 0 radical (unpaired) electrons.